The molecule has 0 atom stereocenters. The Morgan fingerprint density at radius 2 is 1.00 bits per heavy atom. The Hall–Kier alpha value is -3.40. The standard InChI is InChI=1S/C22H20N2O2/c1-25-15-5-7-17-13(11-15)3-9-19(23)21(17)22-18-8-6-16(26-2)12-14(18)4-10-20(22)24/h3-12H,23-24H2,1-2H3. The fourth-order valence-electron chi connectivity index (χ4n) is 3.46. The van der Waals surface area contributed by atoms with E-state index in [4.69, 9.17) is 20.9 Å². The quantitative estimate of drug-likeness (QED) is 0.522. The summed E-state index contributed by atoms with van der Waals surface area (Å²) in [6, 6.07) is 19.8. The SMILES string of the molecule is COc1ccc2c(-c3c(N)ccc4cc(OC)ccc34)c(N)ccc2c1. The second kappa shape index (κ2) is 6.15. The number of rotatable bonds is 3. The fraction of sp³-hybridized carbons (Fsp3) is 0.0909. The van der Waals surface area contributed by atoms with Crippen molar-refractivity contribution in [3.8, 4) is 22.6 Å². The molecule has 0 aromatic heterocycles. The lowest BCUT2D eigenvalue weighted by Crippen LogP contribution is -1.97. The molecule has 4 N–H and O–H groups in total. The van der Waals surface area contributed by atoms with Crippen LogP contribution in [0.1, 0.15) is 0 Å². The summed E-state index contributed by atoms with van der Waals surface area (Å²) in [6.45, 7) is 0. The van der Waals surface area contributed by atoms with Crippen molar-refractivity contribution in [3.63, 3.8) is 0 Å². The van der Waals surface area contributed by atoms with E-state index < -0.39 is 0 Å². The van der Waals surface area contributed by atoms with Crippen LogP contribution in [0, 0.1) is 0 Å². The van der Waals surface area contributed by atoms with Gasteiger partial charge >= 0.3 is 0 Å². The van der Waals surface area contributed by atoms with Crippen LogP contribution in [0.5, 0.6) is 11.5 Å². The molecule has 130 valence electrons. The number of nitrogen functional groups attached to an aromatic ring is 2. The number of fused-ring (bicyclic) bond motifs is 2. The van der Waals surface area contributed by atoms with E-state index in [9.17, 15) is 0 Å². The van der Waals surface area contributed by atoms with Crippen LogP contribution in [-0.4, -0.2) is 14.2 Å². The van der Waals surface area contributed by atoms with E-state index in [1.807, 2.05) is 60.7 Å². The molecule has 0 fully saturated rings. The molecule has 0 bridgehead atoms. The third-order valence-electron chi connectivity index (χ3n) is 4.77. The first kappa shape index (κ1) is 16.1. The molecular weight excluding hydrogens is 324 g/mol. The highest BCUT2D eigenvalue weighted by Crippen LogP contribution is 2.42. The molecule has 4 nitrogen and oxygen atoms in total. The summed E-state index contributed by atoms with van der Waals surface area (Å²) < 4.78 is 10.7. The van der Waals surface area contributed by atoms with Gasteiger partial charge in [0.2, 0.25) is 0 Å². The Bertz CT molecular complexity index is 1040. The zero-order valence-corrected chi connectivity index (χ0v) is 14.7. The van der Waals surface area contributed by atoms with Crippen molar-refractivity contribution >= 4 is 32.9 Å². The maximum atomic E-state index is 6.39. The van der Waals surface area contributed by atoms with Crippen LogP contribution in [0.25, 0.3) is 32.7 Å². The normalized spacial score (nSPS) is 11.0. The van der Waals surface area contributed by atoms with Gasteiger partial charge in [0.1, 0.15) is 11.5 Å². The molecule has 26 heavy (non-hydrogen) atoms. The number of ether oxygens (including phenoxy) is 2. The molecule has 0 unspecified atom stereocenters. The molecule has 0 spiro atoms. The van der Waals surface area contributed by atoms with E-state index in [0.717, 1.165) is 44.2 Å². The first-order chi connectivity index (χ1) is 12.6. The number of nitrogens with two attached hydrogens (primary N) is 2. The molecule has 0 saturated carbocycles. The predicted octanol–water partition coefficient (Wildman–Crippen LogP) is 4.84. The maximum Gasteiger partial charge on any atom is 0.119 e. The molecule has 0 radical (unpaired) electrons. The van der Waals surface area contributed by atoms with Crippen LogP contribution in [0.15, 0.2) is 60.7 Å². The smallest absolute Gasteiger partial charge is 0.119 e. The molecule has 0 saturated heterocycles. The summed E-state index contributed by atoms with van der Waals surface area (Å²) in [5.74, 6) is 1.62. The van der Waals surface area contributed by atoms with Gasteiger partial charge in [-0.3, -0.25) is 0 Å². The highest BCUT2D eigenvalue weighted by molar-refractivity contribution is 6.13. The molecule has 0 aliphatic carbocycles. The Balaban J connectivity index is 2.09. The third kappa shape index (κ3) is 2.47. The monoisotopic (exact) mass is 344 g/mol. The molecule has 0 amide bonds. The molecule has 0 aliphatic heterocycles. The van der Waals surface area contributed by atoms with E-state index in [1.165, 1.54) is 0 Å². The minimum absolute atomic E-state index is 0.692. The minimum Gasteiger partial charge on any atom is -0.497 e. The van der Waals surface area contributed by atoms with E-state index >= 15 is 0 Å². The van der Waals surface area contributed by atoms with Crippen molar-refractivity contribution in [3.05, 3.63) is 60.7 Å². The highest BCUT2D eigenvalue weighted by Gasteiger charge is 2.15. The van der Waals surface area contributed by atoms with E-state index in [1.54, 1.807) is 14.2 Å². The third-order valence-corrected chi connectivity index (χ3v) is 4.77. The van der Waals surface area contributed by atoms with Gasteiger partial charge < -0.3 is 20.9 Å². The van der Waals surface area contributed by atoms with Gasteiger partial charge in [0.25, 0.3) is 0 Å². The van der Waals surface area contributed by atoms with Gasteiger partial charge in [-0.1, -0.05) is 12.1 Å². The molecule has 4 aromatic rings. The molecule has 4 rings (SSSR count). The van der Waals surface area contributed by atoms with Crippen LogP contribution in [0.3, 0.4) is 0 Å². The van der Waals surface area contributed by atoms with Crippen LogP contribution in [-0.2, 0) is 0 Å². The van der Waals surface area contributed by atoms with Crippen molar-refractivity contribution in [1.82, 2.24) is 0 Å². The topological polar surface area (TPSA) is 70.5 Å². The van der Waals surface area contributed by atoms with E-state index in [2.05, 4.69) is 0 Å². The van der Waals surface area contributed by atoms with Gasteiger partial charge in [0.15, 0.2) is 0 Å². The van der Waals surface area contributed by atoms with Crippen LogP contribution in [0.2, 0.25) is 0 Å². The maximum absolute atomic E-state index is 6.39. The Labute approximate surface area is 151 Å². The summed E-state index contributed by atoms with van der Waals surface area (Å²) in [5, 5.41) is 4.19. The zero-order valence-electron chi connectivity index (χ0n) is 14.7. The van der Waals surface area contributed by atoms with Crippen molar-refractivity contribution in [2.24, 2.45) is 0 Å². The molecule has 0 aliphatic rings. The van der Waals surface area contributed by atoms with Gasteiger partial charge in [-0.15, -0.1) is 0 Å². The van der Waals surface area contributed by atoms with E-state index in [0.29, 0.717) is 11.4 Å². The second-order valence-corrected chi connectivity index (χ2v) is 6.23. The summed E-state index contributed by atoms with van der Waals surface area (Å²) in [4.78, 5) is 0. The van der Waals surface area contributed by atoms with Gasteiger partial charge in [0, 0.05) is 22.5 Å². The first-order valence-electron chi connectivity index (χ1n) is 8.35. The minimum atomic E-state index is 0.692. The van der Waals surface area contributed by atoms with Crippen LogP contribution >= 0.6 is 0 Å². The summed E-state index contributed by atoms with van der Waals surface area (Å²) in [6.07, 6.45) is 0. The van der Waals surface area contributed by atoms with Crippen molar-refractivity contribution in [2.75, 3.05) is 25.7 Å². The van der Waals surface area contributed by atoms with Crippen molar-refractivity contribution in [2.45, 2.75) is 0 Å². The van der Waals surface area contributed by atoms with Crippen LogP contribution < -0.4 is 20.9 Å². The van der Waals surface area contributed by atoms with Crippen LogP contribution in [0.4, 0.5) is 11.4 Å². The Morgan fingerprint density at radius 1 is 0.577 bits per heavy atom. The van der Waals surface area contributed by atoms with Gasteiger partial charge in [-0.05, 0) is 70.1 Å². The average molecular weight is 344 g/mol. The lowest BCUT2D eigenvalue weighted by Gasteiger charge is -2.16. The lowest BCUT2D eigenvalue weighted by atomic mass is 9.91. The average Bonchev–Trinajstić information content (AvgIpc) is 2.68. The molecule has 0 heterocycles. The Morgan fingerprint density at radius 3 is 1.38 bits per heavy atom. The largest absolute Gasteiger partial charge is 0.497 e. The van der Waals surface area contributed by atoms with Gasteiger partial charge in [-0.25, -0.2) is 0 Å². The molecular formula is C22H20N2O2. The highest BCUT2D eigenvalue weighted by atomic mass is 16.5. The second-order valence-electron chi connectivity index (χ2n) is 6.23. The summed E-state index contributed by atoms with van der Waals surface area (Å²) in [5.41, 5.74) is 16.1. The van der Waals surface area contributed by atoms with Crippen molar-refractivity contribution in [1.29, 1.82) is 0 Å². The Kier molecular flexibility index (Phi) is 3.81. The predicted molar refractivity (Wildman–Crippen MR) is 109 cm³/mol. The lowest BCUT2D eigenvalue weighted by molar-refractivity contribution is 0.415. The van der Waals surface area contributed by atoms with E-state index in [-0.39, 0.29) is 0 Å². The number of benzene rings is 4. The summed E-state index contributed by atoms with van der Waals surface area (Å²) >= 11 is 0. The van der Waals surface area contributed by atoms with Gasteiger partial charge in [0.05, 0.1) is 14.2 Å². The van der Waals surface area contributed by atoms with Crippen molar-refractivity contribution < 1.29 is 9.47 Å². The molecule has 4 heteroatoms. The number of anilines is 2. The number of hydrogen-bond acceptors (Lipinski definition) is 4. The first-order valence-corrected chi connectivity index (χ1v) is 8.35. The summed E-state index contributed by atoms with van der Waals surface area (Å²) in [7, 11) is 3.32. The fourth-order valence-corrected chi connectivity index (χ4v) is 3.46. The molecule has 4 aromatic carbocycles. The zero-order chi connectivity index (χ0) is 18.3. The number of hydrogen-bond donors (Lipinski definition) is 2. The van der Waals surface area contributed by atoms with Gasteiger partial charge in [-0.2, -0.15) is 0 Å². The number of methoxy groups -OCH3 is 2.